The molecule has 1 aromatic heterocycles. The maximum Gasteiger partial charge on any atom is 0.0931 e. The average molecular weight is 246 g/mol. The zero-order chi connectivity index (χ0) is 11.4. The second-order valence-corrected chi connectivity index (χ2v) is 6.31. The summed E-state index contributed by atoms with van der Waals surface area (Å²) in [5.74, 6) is 0.742. The predicted octanol–water partition coefficient (Wildman–Crippen LogP) is 4.49. The molecule has 0 aliphatic carbocycles. The summed E-state index contributed by atoms with van der Waals surface area (Å²) >= 11 is 7.58. The van der Waals surface area contributed by atoms with Crippen molar-refractivity contribution in [3.8, 4) is 0 Å². The van der Waals surface area contributed by atoms with Crippen LogP contribution in [-0.2, 0) is 0 Å². The lowest BCUT2D eigenvalue weighted by molar-refractivity contribution is 0.409. The van der Waals surface area contributed by atoms with Gasteiger partial charge in [0.25, 0.3) is 0 Å². The maximum absolute atomic E-state index is 5.92. The molecule has 0 saturated carbocycles. The lowest BCUT2D eigenvalue weighted by Gasteiger charge is -2.20. The van der Waals surface area contributed by atoms with Crippen LogP contribution in [0.5, 0.6) is 0 Å². The van der Waals surface area contributed by atoms with E-state index in [2.05, 4.69) is 39.1 Å². The van der Waals surface area contributed by atoms with Gasteiger partial charge in [-0.15, -0.1) is 11.3 Å². The van der Waals surface area contributed by atoms with Crippen molar-refractivity contribution < 1.29 is 0 Å². The van der Waals surface area contributed by atoms with Gasteiger partial charge in [0, 0.05) is 17.0 Å². The van der Waals surface area contributed by atoms with Crippen molar-refractivity contribution in [3.63, 3.8) is 0 Å². The van der Waals surface area contributed by atoms with Crippen LogP contribution in [0.1, 0.15) is 45.0 Å². The number of halogens is 1. The first kappa shape index (κ1) is 13.0. The van der Waals surface area contributed by atoms with E-state index < -0.39 is 0 Å². The van der Waals surface area contributed by atoms with Crippen molar-refractivity contribution in [2.45, 2.75) is 46.2 Å². The van der Waals surface area contributed by atoms with E-state index in [1.807, 2.05) is 6.07 Å². The van der Waals surface area contributed by atoms with Crippen LogP contribution in [0.25, 0.3) is 0 Å². The van der Waals surface area contributed by atoms with Gasteiger partial charge < -0.3 is 5.32 Å². The zero-order valence-corrected chi connectivity index (χ0v) is 11.5. The third-order valence-electron chi connectivity index (χ3n) is 2.38. The first-order valence-corrected chi connectivity index (χ1v) is 6.69. The van der Waals surface area contributed by atoms with E-state index in [4.69, 9.17) is 11.6 Å². The molecular formula is C12H20ClNS. The molecule has 86 valence electrons. The van der Waals surface area contributed by atoms with Crippen LogP contribution in [0.4, 0.5) is 0 Å². The molecule has 0 saturated heterocycles. The number of rotatable bonds is 5. The molecule has 1 nitrogen and oxygen atoms in total. The van der Waals surface area contributed by atoms with E-state index in [9.17, 15) is 0 Å². The summed E-state index contributed by atoms with van der Waals surface area (Å²) < 4.78 is 0.871. The Kier molecular flexibility index (Phi) is 5.10. The van der Waals surface area contributed by atoms with Crippen molar-refractivity contribution >= 4 is 22.9 Å². The summed E-state index contributed by atoms with van der Waals surface area (Å²) in [5, 5.41) is 3.59. The predicted molar refractivity (Wildman–Crippen MR) is 69.8 cm³/mol. The highest BCUT2D eigenvalue weighted by atomic mass is 35.5. The molecule has 0 aliphatic rings. The van der Waals surface area contributed by atoms with Crippen LogP contribution < -0.4 is 5.32 Å². The Hall–Kier alpha value is -0.0500. The largest absolute Gasteiger partial charge is 0.307 e. The molecule has 15 heavy (non-hydrogen) atoms. The Morgan fingerprint density at radius 2 is 1.93 bits per heavy atom. The number of hydrogen-bond donors (Lipinski definition) is 1. The van der Waals surface area contributed by atoms with Gasteiger partial charge in [-0.1, -0.05) is 25.4 Å². The van der Waals surface area contributed by atoms with Crippen molar-refractivity contribution in [2.24, 2.45) is 5.92 Å². The van der Waals surface area contributed by atoms with Crippen LogP contribution in [0.3, 0.4) is 0 Å². The standard InChI is InChI=1S/C12H20ClNS/c1-8(2)7-9(3)14-10(4)11-5-6-12(13)15-11/h5-6,8-10,14H,7H2,1-4H3. The Morgan fingerprint density at radius 3 is 2.40 bits per heavy atom. The fourth-order valence-corrected chi connectivity index (χ4v) is 2.92. The van der Waals surface area contributed by atoms with Crippen LogP contribution in [-0.4, -0.2) is 6.04 Å². The van der Waals surface area contributed by atoms with Gasteiger partial charge in [0.1, 0.15) is 0 Å². The molecule has 1 heterocycles. The van der Waals surface area contributed by atoms with Gasteiger partial charge >= 0.3 is 0 Å². The lowest BCUT2D eigenvalue weighted by Crippen LogP contribution is -2.29. The smallest absolute Gasteiger partial charge is 0.0931 e. The topological polar surface area (TPSA) is 12.0 Å². The Balaban J connectivity index is 2.45. The Bertz CT molecular complexity index is 296. The van der Waals surface area contributed by atoms with Crippen molar-refractivity contribution in [1.29, 1.82) is 0 Å². The third kappa shape index (κ3) is 4.54. The molecular weight excluding hydrogens is 226 g/mol. The van der Waals surface area contributed by atoms with Crippen molar-refractivity contribution in [2.75, 3.05) is 0 Å². The van der Waals surface area contributed by atoms with E-state index >= 15 is 0 Å². The average Bonchev–Trinajstić information content (AvgIpc) is 2.49. The van der Waals surface area contributed by atoms with Crippen LogP contribution in [0.2, 0.25) is 4.34 Å². The molecule has 1 rings (SSSR count). The van der Waals surface area contributed by atoms with E-state index in [1.54, 1.807) is 11.3 Å². The highest BCUT2D eigenvalue weighted by Crippen LogP contribution is 2.27. The summed E-state index contributed by atoms with van der Waals surface area (Å²) in [7, 11) is 0. The first-order chi connectivity index (χ1) is 6.99. The normalized spacial score (nSPS) is 15.6. The van der Waals surface area contributed by atoms with Crippen molar-refractivity contribution in [3.05, 3.63) is 21.3 Å². The zero-order valence-electron chi connectivity index (χ0n) is 9.88. The van der Waals surface area contributed by atoms with E-state index in [1.165, 1.54) is 11.3 Å². The number of hydrogen-bond acceptors (Lipinski definition) is 2. The summed E-state index contributed by atoms with van der Waals surface area (Å²) in [4.78, 5) is 1.32. The Morgan fingerprint density at radius 1 is 1.27 bits per heavy atom. The summed E-state index contributed by atoms with van der Waals surface area (Å²) in [5.41, 5.74) is 0. The van der Waals surface area contributed by atoms with Gasteiger partial charge in [-0.3, -0.25) is 0 Å². The SMILES string of the molecule is CC(C)CC(C)NC(C)c1ccc(Cl)s1. The second kappa shape index (κ2) is 5.88. The monoisotopic (exact) mass is 245 g/mol. The molecule has 1 N–H and O–H groups in total. The van der Waals surface area contributed by atoms with Crippen LogP contribution in [0, 0.1) is 5.92 Å². The fourth-order valence-electron chi connectivity index (χ4n) is 1.85. The molecule has 0 spiro atoms. The minimum absolute atomic E-state index is 0.399. The van der Waals surface area contributed by atoms with E-state index in [0.717, 1.165) is 10.3 Å². The molecule has 0 radical (unpaired) electrons. The quantitative estimate of drug-likeness (QED) is 0.806. The van der Waals surface area contributed by atoms with E-state index in [0.29, 0.717) is 12.1 Å². The molecule has 2 unspecified atom stereocenters. The molecule has 0 fully saturated rings. The maximum atomic E-state index is 5.92. The van der Waals surface area contributed by atoms with Crippen LogP contribution in [0.15, 0.2) is 12.1 Å². The molecule has 0 aliphatic heterocycles. The van der Waals surface area contributed by atoms with Gasteiger partial charge in [0.2, 0.25) is 0 Å². The molecule has 1 aromatic rings. The van der Waals surface area contributed by atoms with Gasteiger partial charge in [-0.05, 0) is 38.3 Å². The minimum Gasteiger partial charge on any atom is -0.307 e. The van der Waals surface area contributed by atoms with Gasteiger partial charge in [0.05, 0.1) is 4.34 Å². The minimum atomic E-state index is 0.399. The summed E-state index contributed by atoms with van der Waals surface area (Å²) in [6.07, 6.45) is 1.21. The second-order valence-electron chi connectivity index (χ2n) is 4.56. The first-order valence-electron chi connectivity index (χ1n) is 5.50. The summed E-state index contributed by atoms with van der Waals surface area (Å²) in [6, 6.07) is 5.02. The van der Waals surface area contributed by atoms with E-state index in [-0.39, 0.29) is 0 Å². The van der Waals surface area contributed by atoms with Gasteiger partial charge in [-0.2, -0.15) is 0 Å². The summed E-state index contributed by atoms with van der Waals surface area (Å²) in [6.45, 7) is 8.94. The fraction of sp³-hybridized carbons (Fsp3) is 0.667. The van der Waals surface area contributed by atoms with Gasteiger partial charge in [0.15, 0.2) is 0 Å². The number of thiophene rings is 1. The number of nitrogens with one attached hydrogen (secondary N) is 1. The van der Waals surface area contributed by atoms with Gasteiger partial charge in [-0.25, -0.2) is 0 Å². The highest BCUT2D eigenvalue weighted by molar-refractivity contribution is 7.16. The molecule has 0 aromatic carbocycles. The molecule has 2 atom stereocenters. The highest BCUT2D eigenvalue weighted by Gasteiger charge is 2.12. The molecule has 3 heteroatoms. The molecule has 0 bridgehead atoms. The third-order valence-corrected chi connectivity index (χ3v) is 3.79. The molecule has 0 amide bonds. The Labute approximate surface area is 102 Å². The lowest BCUT2D eigenvalue weighted by atomic mass is 10.0. The van der Waals surface area contributed by atoms with Crippen molar-refractivity contribution in [1.82, 2.24) is 5.32 Å². The van der Waals surface area contributed by atoms with Crippen LogP contribution >= 0.6 is 22.9 Å².